The fourth-order valence-corrected chi connectivity index (χ4v) is 2.84. The molecule has 1 saturated heterocycles. The fourth-order valence-electron chi connectivity index (χ4n) is 2.84. The Balaban J connectivity index is 1.64. The summed E-state index contributed by atoms with van der Waals surface area (Å²) in [6, 6.07) is 5.96. The molecular formula is C15H19NO3. The van der Waals surface area contributed by atoms with Gasteiger partial charge in [-0.1, -0.05) is 5.16 Å². The van der Waals surface area contributed by atoms with Gasteiger partial charge < -0.3 is 14.7 Å². The van der Waals surface area contributed by atoms with Gasteiger partial charge in [0.05, 0.1) is 17.9 Å². The van der Waals surface area contributed by atoms with E-state index in [2.05, 4.69) is 12.1 Å². The summed E-state index contributed by atoms with van der Waals surface area (Å²) in [5.41, 5.74) is 3.01. The zero-order valence-corrected chi connectivity index (χ0v) is 11.1. The maximum absolute atomic E-state index is 8.89. The molecular weight excluding hydrogens is 242 g/mol. The summed E-state index contributed by atoms with van der Waals surface area (Å²) in [6.45, 7) is 2.72. The zero-order valence-electron chi connectivity index (χ0n) is 11.1. The van der Waals surface area contributed by atoms with Gasteiger partial charge in [-0.2, -0.15) is 0 Å². The van der Waals surface area contributed by atoms with Crippen molar-refractivity contribution in [2.24, 2.45) is 5.16 Å². The number of oxime groups is 1. The van der Waals surface area contributed by atoms with Crippen LogP contribution in [0.1, 0.15) is 37.3 Å². The summed E-state index contributed by atoms with van der Waals surface area (Å²) in [5, 5.41) is 12.2. The summed E-state index contributed by atoms with van der Waals surface area (Å²) < 4.78 is 11.5. The molecule has 102 valence electrons. The Labute approximate surface area is 113 Å². The van der Waals surface area contributed by atoms with E-state index >= 15 is 0 Å². The molecule has 4 nitrogen and oxygen atoms in total. The van der Waals surface area contributed by atoms with Crippen LogP contribution in [0.4, 0.5) is 0 Å². The van der Waals surface area contributed by atoms with Gasteiger partial charge in [-0.15, -0.1) is 0 Å². The van der Waals surface area contributed by atoms with Crippen molar-refractivity contribution >= 4 is 5.71 Å². The average Bonchev–Trinajstić information content (AvgIpc) is 3.01. The molecule has 3 rings (SSSR count). The zero-order chi connectivity index (χ0) is 13.2. The maximum atomic E-state index is 8.89. The third-order valence-corrected chi connectivity index (χ3v) is 3.90. The van der Waals surface area contributed by atoms with Crippen molar-refractivity contribution in [3.05, 3.63) is 29.3 Å². The number of rotatable bonds is 3. The van der Waals surface area contributed by atoms with Crippen molar-refractivity contribution in [3.63, 3.8) is 0 Å². The molecule has 0 bridgehead atoms. The molecule has 0 aromatic heterocycles. The molecule has 2 atom stereocenters. The molecule has 1 aliphatic carbocycles. The minimum Gasteiger partial charge on any atom is -0.491 e. The molecule has 2 unspecified atom stereocenters. The Bertz CT molecular complexity index is 498. The molecule has 0 amide bonds. The first kappa shape index (κ1) is 12.5. The van der Waals surface area contributed by atoms with Crippen LogP contribution in [0.15, 0.2) is 23.4 Å². The van der Waals surface area contributed by atoms with Crippen LogP contribution in [0.5, 0.6) is 5.75 Å². The molecule has 0 radical (unpaired) electrons. The van der Waals surface area contributed by atoms with E-state index in [1.165, 1.54) is 5.56 Å². The summed E-state index contributed by atoms with van der Waals surface area (Å²) in [5.74, 6) is 0.876. The summed E-state index contributed by atoms with van der Waals surface area (Å²) >= 11 is 0. The molecule has 1 heterocycles. The van der Waals surface area contributed by atoms with Crippen LogP contribution < -0.4 is 4.74 Å². The average molecular weight is 261 g/mol. The van der Waals surface area contributed by atoms with Crippen molar-refractivity contribution in [2.45, 2.75) is 44.8 Å². The first-order chi connectivity index (χ1) is 9.26. The third kappa shape index (κ3) is 2.59. The van der Waals surface area contributed by atoms with E-state index in [0.29, 0.717) is 12.7 Å². The van der Waals surface area contributed by atoms with E-state index in [-0.39, 0.29) is 6.10 Å². The van der Waals surface area contributed by atoms with Crippen LogP contribution in [0.3, 0.4) is 0 Å². The Kier molecular flexibility index (Phi) is 3.42. The van der Waals surface area contributed by atoms with Crippen molar-refractivity contribution in [2.75, 3.05) is 6.61 Å². The highest BCUT2D eigenvalue weighted by Gasteiger charge is 2.23. The number of aryl methyl sites for hydroxylation is 1. The molecule has 1 aliphatic heterocycles. The SMILES string of the molecule is CC1CCC(COc2ccc3c(c2)CC/C3=N\O)O1. The number of hydrogen-bond donors (Lipinski definition) is 1. The first-order valence-corrected chi connectivity index (χ1v) is 6.89. The Morgan fingerprint density at radius 2 is 2.26 bits per heavy atom. The topological polar surface area (TPSA) is 51.0 Å². The minimum absolute atomic E-state index is 0.220. The molecule has 2 aliphatic rings. The second kappa shape index (κ2) is 5.21. The largest absolute Gasteiger partial charge is 0.491 e. The number of ether oxygens (including phenoxy) is 2. The van der Waals surface area contributed by atoms with Gasteiger partial charge in [0, 0.05) is 5.56 Å². The quantitative estimate of drug-likeness (QED) is 0.672. The second-order valence-electron chi connectivity index (χ2n) is 5.32. The lowest BCUT2D eigenvalue weighted by atomic mass is 10.1. The van der Waals surface area contributed by atoms with Gasteiger partial charge in [0.2, 0.25) is 0 Å². The van der Waals surface area contributed by atoms with E-state index in [1.54, 1.807) is 0 Å². The van der Waals surface area contributed by atoms with E-state index in [4.69, 9.17) is 14.7 Å². The lowest BCUT2D eigenvalue weighted by molar-refractivity contribution is 0.0264. The standard InChI is InChI=1S/C15H19NO3/c1-10-2-4-13(19-10)9-18-12-5-6-14-11(8-12)3-7-15(14)16-17/h5-6,8,10,13,17H,2-4,7,9H2,1H3/b16-15+. The van der Waals surface area contributed by atoms with Gasteiger partial charge in [0.15, 0.2) is 0 Å². The third-order valence-electron chi connectivity index (χ3n) is 3.90. The van der Waals surface area contributed by atoms with Crippen LogP contribution in [0.25, 0.3) is 0 Å². The smallest absolute Gasteiger partial charge is 0.119 e. The molecule has 1 fully saturated rings. The van der Waals surface area contributed by atoms with Gasteiger partial charge in [0.25, 0.3) is 0 Å². The van der Waals surface area contributed by atoms with E-state index in [0.717, 1.165) is 42.7 Å². The number of fused-ring (bicyclic) bond motifs is 1. The Morgan fingerprint density at radius 3 is 3.00 bits per heavy atom. The Hall–Kier alpha value is -1.55. The van der Waals surface area contributed by atoms with E-state index < -0.39 is 0 Å². The highest BCUT2D eigenvalue weighted by molar-refractivity contribution is 6.04. The maximum Gasteiger partial charge on any atom is 0.119 e. The molecule has 0 spiro atoms. The minimum atomic E-state index is 0.220. The van der Waals surface area contributed by atoms with Crippen LogP contribution in [0.2, 0.25) is 0 Å². The molecule has 19 heavy (non-hydrogen) atoms. The highest BCUT2D eigenvalue weighted by atomic mass is 16.5. The predicted octanol–water partition coefficient (Wildman–Crippen LogP) is 2.76. The van der Waals surface area contributed by atoms with Gasteiger partial charge in [-0.05, 0) is 56.4 Å². The molecule has 4 heteroatoms. The summed E-state index contributed by atoms with van der Waals surface area (Å²) in [6.07, 6.45) is 4.50. The van der Waals surface area contributed by atoms with Gasteiger partial charge >= 0.3 is 0 Å². The van der Waals surface area contributed by atoms with Crippen molar-refractivity contribution in [1.82, 2.24) is 0 Å². The van der Waals surface area contributed by atoms with Crippen LogP contribution in [-0.2, 0) is 11.2 Å². The van der Waals surface area contributed by atoms with Crippen molar-refractivity contribution in [3.8, 4) is 5.75 Å². The lowest BCUT2D eigenvalue weighted by Gasteiger charge is -2.13. The molecule has 1 aromatic rings. The van der Waals surface area contributed by atoms with Crippen LogP contribution in [0, 0.1) is 0 Å². The van der Waals surface area contributed by atoms with Crippen molar-refractivity contribution in [1.29, 1.82) is 0 Å². The van der Waals surface area contributed by atoms with Gasteiger partial charge in [0.1, 0.15) is 12.4 Å². The lowest BCUT2D eigenvalue weighted by Crippen LogP contribution is -2.17. The first-order valence-electron chi connectivity index (χ1n) is 6.89. The predicted molar refractivity (Wildman–Crippen MR) is 72.2 cm³/mol. The van der Waals surface area contributed by atoms with E-state index in [9.17, 15) is 0 Å². The van der Waals surface area contributed by atoms with Crippen LogP contribution in [-0.4, -0.2) is 29.7 Å². The highest BCUT2D eigenvalue weighted by Crippen LogP contribution is 2.27. The monoisotopic (exact) mass is 261 g/mol. The normalized spacial score (nSPS) is 27.7. The summed E-state index contributed by atoms with van der Waals surface area (Å²) in [4.78, 5) is 0. The van der Waals surface area contributed by atoms with Gasteiger partial charge in [-0.25, -0.2) is 0 Å². The molecule has 1 N–H and O–H groups in total. The number of nitrogens with zero attached hydrogens (tertiary/aromatic N) is 1. The molecule has 1 aromatic carbocycles. The molecule has 0 saturated carbocycles. The summed E-state index contributed by atoms with van der Waals surface area (Å²) in [7, 11) is 0. The van der Waals surface area contributed by atoms with Crippen LogP contribution >= 0.6 is 0 Å². The fraction of sp³-hybridized carbons (Fsp3) is 0.533. The Morgan fingerprint density at radius 1 is 1.37 bits per heavy atom. The second-order valence-corrected chi connectivity index (χ2v) is 5.32. The van der Waals surface area contributed by atoms with Crippen molar-refractivity contribution < 1.29 is 14.7 Å². The number of benzene rings is 1. The van der Waals surface area contributed by atoms with E-state index in [1.807, 2.05) is 18.2 Å². The van der Waals surface area contributed by atoms with Gasteiger partial charge in [-0.3, -0.25) is 0 Å². The number of hydrogen-bond acceptors (Lipinski definition) is 4.